The maximum atomic E-state index is 5.39. The molecule has 1 rings (SSSR count). The van der Waals surface area contributed by atoms with Crippen molar-refractivity contribution in [1.29, 1.82) is 0 Å². The molecule has 0 amide bonds. The first-order valence-corrected chi connectivity index (χ1v) is 2.30. The molecule has 1 aliphatic carbocycles. The predicted octanol–water partition coefficient (Wildman–Crippen LogP) is 0.0127. The quantitative estimate of drug-likeness (QED) is 0.534. The van der Waals surface area contributed by atoms with Gasteiger partial charge in [-0.15, -0.1) is 17.0 Å². The summed E-state index contributed by atoms with van der Waals surface area (Å²) in [5.41, 5.74) is 10.8. The monoisotopic (exact) mass is 166 g/mol. The SMILES string of the molecule is Br.NC1CC(N)C1. The average molecular weight is 167 g/mol. The van der Waals surface area contributed by atoms with E-state index in [-0.39, 0.29) is 17.0 Å². The van der Waals surface area contributed by atoms with E-state index in [2.05, 4.69) is 0 Å². The summed E-state index contributed by atoms with van der Waals surface area (Å²) in [6, 6.07) is 0.833. The molecule has 7 heavy (non-hydrogen) atoms. The molecule has 0 radical (unpaired) electrons. The molecule has 0 heterocycles. The minimum Gasteiger partial charge on any atom is -0.328 e. The van der Waals surface area contributed by atoms with E-state index in [1.165, 1.54) is 0 Å². The lowest BCUT2D eigenvalue weighted by Gasteiger charge is -2.28. The van der Waals surface area contributed by atoms with Gasteiger partial charge in [0.25, 0.3) is 0 Å². The Kier molecular flexibility index (Phi) is 2.80. The Bertz CT molecular complexity index is 45.7. The van der Waals surface area contributed by atoms with Crippen LogP contribution < -0.4 is 11.5 Å². The highest BCUT2D eigenvalue weighted by atomic mass is 79.9. The van der Waals surface area contributed by atoms with Crippen LogP contribution in [0, 0.1) is 0 Å². The molecule has 1 fully saturated rings. The van der Waals surface area contributed by atoms with Crippen molar-refractivity contribution in [2.24, 2.45) is 11.5 Å². The molecule has 1 aliphatic rings. The summed E-state index contributed by atoms with van der Waals surface area (Å²) >= 11 is 0. The smallest absolute Gasteiger partial charge is 0.00683 e. The lowest BCUT2D eigenvalue weighted by atomic mass is 9.89. The summed E-state index contributed by atoms with van der Waals surface area (Å²) in [5.74, 6) is 0. The van der Waals surface area contributed by atoms with Gasteiger partial charge in [-0.3, -0.25) is 0 Å². The van der Waals surface area contributed by atoms with Gasteiger partial charge in [0.1, 0.15) is 0 Å². The lowest BCUT2D eigenvalue weighted by molar-refractivity contribution is 0.351. The molecule has 4 N–H and O–H groups in total. The topological polar surface area (TPSA) is 52.0 Å². The standard InChI is InChI=1S/C4H10N2.BrH/c5-3-1-4(6)2-3;/h3-4H,1-2,5-6H2;1H. The largest absolute Gasteiger partial charge is 0.328 e. The fraction of sp³-hybridized carbons (Fsp3) is 1.00. The molecular weight excluding hydrogens is 156 g/mol. The van der Waals surface area contributed by atoms with Crippen LogP contribution in [0.3, 0.4) is 0 Å². The van der Waals surface area contributed by atoms with Crippen molar-refractivity contribution in [3.63, 3.8) is 0 Å². The van der Waals surface area contributed by atoms with E-state index >= 15 is 0 Å². The second kappa shape index (κ2) is 2.64. The summed E-state index contributed by atoms with van der Waals surface area (Å²) in [6.45, 7) is 0. The maximum Gasteiger partial charge on any atom is 0.00683 e. The number of nitrogens with two attached hydrogens (primary N) is 2. The summed E-state index contributed by atoms with van der Waals surface area (Å²) in [4.78, 5) is 0. The zero-order chi connectivity index (χ0) is 4.57. The van der Waals surface area contributed by atoms with Crippen LogP contribution in [-0.4, -0.2) is 12.1 Å². The van der Waals surface area contributed by atoms with E-state index in [9.17, 15) is 0 Å². The fourth-order valence-corrected chi connectivity index (χ4v) is 0.709. The first-order chi connectivity index (χ1) is 2.79. The zero-order valence-electron chi connectivity index (χ0n) is 4.13. The Balaban J connectivity index is 0.000000360. The Labute approximate surface area is 54.0 Å². The van der Waals surface area contributed by atoms with Gasteiger partial charge in [0.15, 0.2) is 0 Å². The van der Waals surface area contributed by atoms with Gasteiger partial charge in [0.05, 0.1) is 0 Å². The van der Waals surface area contributed by atoms with Gasteiger partial charge in [0, 0.05) is 12.1 Å². The second-order valence-corrected chi connectivity index (χ2v) is 1.99. The van der Waals surface area contributed by atoms with Crippen LogP contribution in [0.4, 0.5) is 0 Å². The molecule has 0 bridgehead atoms. The van der Waals surface area contributed by atoms with E-state index in [4.69, 9.17) is 11.5 Å². The third-order valence-corrected chi connectivity index (χ3v) is 1.21. The van der Waals surface area contributed by atoms with Crippen LogP contribution in [0.5, 0.6) is 0 Å². The Morgan fingerprint density at radius 2 is 1.29 bits per heavy atom. The van der Waals surface area contributed by atoms with Gasteiger partial charge >= 0.3 is 0 Å². The van der Waals surface area contributed by atoms with Crippen molar-refractivity contribution in [2.45, 2.75) is 24.9 Å². The molecule has 0 aromatic carbocycles. The molecule has 0 unspecified atom stereocenters. The fourth-order valence-electron chi connectivity index (χ4n) is 0.709. The highest BCUT2D eigenvalue weighted by molar-refractivity contribution is 8.93. The number of hydrogen-bond acceptors (Lipinski definition) is 2. The van der Waals surface area contributed by atoms with Crippen molar-refractivity contribution >= 4 is 17.0 Å². The molecule has 0 aliphatic heterocycles. The first kappa shape index (κ1) is 7.40. The molecule has 0 aromatic rings. The normalized spacial score (nSPS) is 38.6. The lowest BCUT2D eigenvalue weighted by Crippen LogP contribution is -2.45. The minimum absolute atomic E-state index is 0. The van der Waals surface area contributed by atoms with Crippen LogP contribution in [0.2, 0.25) is 0 Å². The highest BCUT2D eigenvalue weighted by Gasteiger charge is 2.20. The van der Waals surface area contributed by atoms with Gasteiger partial charge in [0.2, 0.25) is 0 Å². The van der Waals surface area contributed by atoms with Gasteiger partial charge in [-0.25, -0.2) is 0 Å². The summed E-state index contributed by atoms with van der Waals surface area (Å²) < 4.78 is 0. The molecule has 3 heteroatoms. The van der Waals surface area contributed by atoms with Crippen molar-refractivity contribution in [1.82, 2.24) is 0 Å². The maximum absolute atomic E-state index is 5.39. The molecule has 44 valence electrons. The minimum atomic E-state index is 0. The highest BCUT2D eigenvalue weighted by Crippen LogP contribution is 2.13. The first-order valence-electron chi connectivity index (χ1n) is 2.30. The van der Waals surface area contributed by atoms with E-state index in [0.29, 0.717) is 12.1 Å². The van der Waals surface area contributed by atoms with Crippen LogP contribution in [0.25, 0.3) is 0 Å². The van der Waals surface area contributed by atoms with E-state index < -0.39 is 0 Å². The van der Waals surface area contributed by atoms with E-state index in [1.807, 2.05) is 0 Å². The average Bonchev–Trinajstić information content (AvgIpc) is 1.33. The number of halogens is 1. The van der Waals surface area contributed by atoms with Gasteiger partial charge < -0.3 is 11.5 Å². The van der Waals surface area contributed by atoms with Crippen LogP contribution >= 0.6 is 17.0 Å². The van der Waals surface area contributed by atoms with E-state index in [0.717, 1.165) is 12.8 Å². The van der Waals surface area contributed by atoms with Crippen molar-refractivity contribution < 1.29 is 0 Å². The summed E-state index contributed by atoms with van der Waals surface area (Å²) in [6.07, 6.45) is 2.06. The van der Waals surface area contributed by atoms with Crippen molar-refractivity contribution in [2.75, 3.05) is 0 Å². The van der Waals surface area contributed by atoms with Gasteiger partial charge in [-0.05, 0) is 12.8 Å². The Hall–Kier alpha value is 0.400. The molecule has 2 nitrogen and oxygen atoms in total. The third-order valence-electron chi connectivity index (χ3n) is 1.21. The molecule has 0 atom stereocenters. The van der Waals surface area contributed by atoms with Crippen molar-refractivity contribution in [3.05, 3.63) is 0 Å². The van der Waals surface area contributed by atoms with E-state index in [1.54, 1.807) is 0 Å². The van der Waals surface area contributed by atoms with Crippen LogP contribution in [0.1, 0.15) is 12.8 Å². The predicted molar refractivity (Wildman–Crippen MR) is 35.5 cm³/mol. The molecule has 0 saturated heterocycles. The third kappa shape index (κ3) is 1.76. The van der Waals surface area contributed by atoms with Gasteiger partial charge in [-0.1, -0.05) is 0 Å². The Morgan fingerprint density at radius 1 is 1.00 bits per heavy atom. The summed E-state index contributed by atoms with van der Waals surface area (Å²) in [5, 5.41) is 0. The van der Waals surface area contributed by atoms with Crippen molar-refractivity contribution in [3.8, 4) is 0 Å². The molecule has 0 aromatic heterocycles. The molecular formula is C4H11BrN2. The molecule has 0 spiro atoms. The second-order valence-electron chi connectivity index (χ2n) is 1.99. The number of hydrogen-bond donors (Lipinski definition) is 2. The number of rotatable bonds is 0. The zero-order valence-corrected chi connectivity index (χ0v) is 5.84. The van der Waals surface area contributed by atoms with Crippen LogP contribution in [0.15, 0.2) is 0 Å². The van der Waals surface area contributed by atoms with Gasteiger partial charge in [-0.2, -0.15) is 0 Å². The molecule has 1 saturated carbocycles. The summed E-state index contributed by atoms with van der Waals surface area (Å²) in [7, 11) is 0. The Morgan fingerprint density at radius 3 is 1.29 bits per heavy atom. The van der Waals surface area contributed by atoms with Crippen LogP contribution in [-0.2, 0) is 0 Å².